The van der Waals surface area contributed by atoms with E-state index in [1.807, 2.05) is 0 Å². The molecule has 0 heterocycles. The summed E-state index contributed by atoms with van der Waals surface area (Å²) in [4.78, 5) is 18.5. The minimum absolute atomic E-state index is 0.450. The van der Waals surface area contributed by atoms with Crippen molar-refractivity contribution in [2.45, 2.75) is 26.2 Å². The van der Waals surface area contributed by atoms with E-state index in [4.69, 9.17) is 4.52 Å². The first-order valence-electron chi connectivity index (χ1n) is 3.97. The third kappa shape index (κ3) is 10.3. The maximum absolute atomic E-state index is 9.25. The van der Waals surface area contributed by atoms with Gasteiger partial charge in [0.05, 0.1) is 0 Å². The molecule has 0 radical (unpaired) electrons. The molecule has 0 unspecified atom stereocenters. The minimum atomic E-state index is -3.66. The zero-order valence-electron chi connectivity index (χ0n) is 7.58. The normalized spacial score (nSPS) is 15.9. The quantitative estimate of drug-likeness (QED) is 0.503. The Labute approximate surface area is 68.6 Å². The van der Waals surface area contributed by atoms with Gasteiger partial charge in [-0.25, -0.2) is 0 Å². The number of unbranched alkanes of at least 4 members (excludes halogenated alkanes) is 2. The molecule has 0 spiro atoms. The van der Waals surface area contributed by atoms with Gasteiger partial charge in [-0.2, -0.15) is 0 Å². The van der Waals surface area contributed by atoms with E-state index in [-0.39, 0.29) is 0 Å². The Bertz CT molecular complexity index is 107. The molecule has 0 bridgehead atoms. The van der Waals surface area contributed by atoms with Gasteiger partial charge in [-0.1, -0.05) is 0 Å². The molecule has 0 aromatic carbocycles. The van der Waals surface area contributed by atoms with E-state index in [2.05, 4.69) is 6.92 Å². The molecule has 0 saturated carbocycles. The standard InChI is InChI=1S/C7H19O3P/c1-4-5-6-7-10-11(2,3,8)9/h8-9H,4-7H2,1-3H3. The van der Waals surface area contributed by atoms with E-state index in [1.165, 1.54) is 13.3 Å². The molecule has 3 nitrogen and oxygen atoms in total. The van der Waals surface area contributed by atoms with Gasteiger partial charge in [-0.05, 0) is 0 Å². The van der Waals surface area contributed by atoms with Crippen LogP contribution in [0.15, 0.2) is 0 Å². The maximum atomic E-state index is 9.25. The summed E-state index contributed by atoms with van der Waals surface area (Å²) < 4.78 is 4.96. The van der Waals surface area contributed by atoms with E-state index >= 15 is 0 Å². The van der Waals surface area contributed by atoms with Crippen molar-refractivity contribution in [3.8, 4) is 0 Å². The molecule has 0 saturated heterocycles. The second-order valence-corrected chi connectivity index (χ2v) is 7.39. The summed E-state index contributed by atoms with van der Waals surface area (Å²) in [5, 5.41) is 0. The van der Waals surface area contributed by atoms with Crippen LogP contribution in [0.1, 0.15) is 26.2 Å². The fraction of sp³-hybridized carbons (Fsp3) is 1.00. The monoisotopic (exact) mass is 182 g/mol. The molecular formula is C7H19O3P. The molecule has 4 heteroatoms. The fourth-order valence-corrected chi connectivity index (χ4v) is 1.34. The van der Waals surface area contributed by atoms with Crippen LogP contribution in [0.25, 0.3) is 0 Å². The zero-order chi connectivity index (χ0) is 8.98. The van der Waals surface area contributed by atoms with Crippen molar-refractivity contribution < 1.29 is 14.3 Å². The van der Waals surface area contributed by atoms with Gasteiger partial charge in [0.2, 0.25) is 0 Å². The van der Waals surface area contributed by atoms with Crippen LogP contribution >= 0.6 is 7.28 Å². The average molecular weight is 182 g/mol. The van der Waals surface area contributed by atoms with Crippen LogP contribution in [0.5, 0.6) is 0 Å². The molecule has 0 fully saturated rings. The summed E-state index contributed by atoms with van der Waals surface area (Å²) in [6.45, 7) is 5.26. The van der Waals surface area contributed by atoms with Gasteiger partial charge >= 0.3 is 67.7 Å². The third-order valence-corrected chi connectivity index (χ3v) is 2.14. The Kier molecular flexibility index (Phi) is 3.92. The second-order valence-electron chi connectivity index (χ2n) is 3.41. The summed E-state index contributed by atoms with van der Waals surface area (Å²) in [7, 11) is -3.66. The van der Waals surface area contributed by atoms with E-state index in [0.29, 0.717) is 6.61 Å². The number of hydrogen-bond donors (Lipinski definition) is 2. The van der Waals surface area contributed by atoms with E-state index in [0.717, 1.165) is 19.3 Å². The predicted octanol–water partition coefficient (Wildman–Crippen LogP) is 1.74. The zero-order valence-corrected chi connectivity index (χ0v) is 8.47. The van der Waals surface area contributed by atoms with Crippen LogP contribution in [0.3, 0.4) is 0 Å². The molecule has 70 valence electrons. The summed E-state index contributed by atoms with van der Waals surface area (Å²) in [6, 6.07) is 0. The van der Waals surface area contributed by atoms with Gasteiger partial charge in [-0.15, -0.1) is 0 Å². The molecule has 0 amide bonds. The van der Waals surface area contributed by atoms with Crippen molar-refractivity contribution in [2.75, 3.05) is 19.9 Å². The van der Waals surface area contributed by atoms with Crippen LogP contribution in [0, 0.1) is 0 Å². The summed E-state index contributed by atoms with van der Waals surface area (Å²) in [5.41, 5.74) is 0. The Morgan fingerprint density at radius 2 is 1.73 bits per heavy atom. The summed E-state index contributed by atoms with van der Waals surface area (Å²) >= 11 is 0. The van der Waals surface area contributed by atoms with Gasteiger partial charge in [0.25, 0.3) is 0 Å². The Morgan fingerprint density at radius 3 is 2.09 bits per heavy atom. The number of hydrogen-bond acceptors (Lipinski definition) is 3. The molecule has 0 aromatic rings. The summed E-state index contributed by atoms with van der Waals surface area (Å²) in [5.74, 6) is 0. The van der Waals surface area contributed by atoms with Crippen molar-refractivity contribution in [1.29, 1.82) is 0 Å². The average Bonchev–Trinajstić information content (AvgIpc) is 1.76. The van der Waals surface area contributed by atoms with Gasteiger partial charge in [-0.3, -0.25) is 0 Å². The van der Waals surface area contributed by atoms with Crippen molar-refractivity contribution in [1.82, 2.24) is 0 Å². The van der Waals surface area contributed by atoms with Crippen LogP contribution in [0.2, 0.25) is 0 Å². The Balaban J connectivity index is 3.40. The first kappa shape index (κ1) is 11.3. The third-order valence-electron chi connectivity index (χ3n) is 1.21. The molecule has 2 N–H and O–H groups in total. The first-order chi connectivity index (χ1) is 4.81. The van der Waals surface area contributed by atoms with Crippen LogP contribution < -0.4 is 0 Å². The van der Waals surface area contributed by atoms with Crippen molar-refractivity contribution in [3.63, 3.8) is 0 Å². The Morgan fingerprint density at radius 1 is 1.18 bits per heavy atom. The topological polar surface area (TPSA) is 49.7 Å². The van der Waals surface area contributed by atoms with Gasteiger partial charge in [0.15, 0.2) is 0 Å². The van der Waals surface area contributed by atoms with Gasteiger partial charge in [0, 0.05) is 0 Å². The van der Waals surface area contributed by atoms with Crippen LogP contribution in [0.4, 0.5) is 0 Å². The molecule has 0 rings (SSSR count). The molecular weight excluding hydrogens is 163 g/mol. The van der Waals surface area contributed by atoms with Crippen molar-refractivity contribution in [3.05, 3.63) is 0 Å². The molecule has 0 aliphatic heterocycles. The summed E-state index contributed by atoms with van der Waals surface area (Å²) in [6.07, 6.45) is 3.09. The van der Waals surface area contributed by atoms with Gasteiger partial charge < -0.3 is 0 Å². The Hall–Kier alpha value is 0.310. The molecule has 0 aliphatic rings. The second kappa shape index (κ2) is 3.81. The molecule has 0 aromatic heterocycles. The predicted molar refractivity (Wildman–Crippen MR) is 48.7 cm³/mol. The fourth-order valence-electron chi connectivity index (χ4n) is 0.681. The molecule has 11 heavy (non-hydrogen) atoms. The van der Waals surface area contributed by atoms with Crippen molar-refractivity contribution >= 4 is 7.28 Å². The first-order valence-corrected chi connectivity index (χ1v) is 6.93. The molecule has 0 aliphatic carbocycles. The van der Waals surface area contributed by atoms with Crippen LogP contribution in [-0.2, 0) is 4.52 Å². The van der Waals surface area contributed by atoms with E-state index in [1.54, 1.807) is 0 Å². The van der Waals surface area contributed by atoms with E-state index < -0.39 is 7.28 Å². The SMILES string of the molecule is CCCCCOP(C)(C)(O)O. The van der Waals surface area contributed by atoms with Gasteiger partial charge in [0.1, 0.15) is 0 Å². The molecule has 0 atom stereocenters. The van der Waals surface area contributed by atoms with Crippen LogP contribution in [-0.4, -0.2) is 29.7 Å². The number of rotatable bonds is 5. The van der Waals surface area contributed by atoms with E-state index in [9.17, 15) is 9.79 Å². The van der Waals surface area contributed by atoms with Crippen molar-refractivity contribution in [2.24, 2.45) is 0 Å².